The number of piperazine rings is 1. The number of benzene rings is 2. The molecule has 3 heterocycles. The van der Waals surface area contributed by atoms with Crippen LogP contribution < -0.4 is 10.1 Å². The number of hydrogen-bond donors (Lipinski definition) is 1. The molecule has 2 saturated heterocycles. The van der Waals surface area contributed by atoms with Crippen LogP contribution in [0.4, 0.5) is 4.79 Å². The van der Waals surface area contributed by atoms with Crippen LogP contribution in [0.1, 0.15) is 95.4 Å². The summed E-state index contributed by atoms with van der Waals surface area (Å²) in [5, 5.41) is 12.3. The van der Waals surface area contributed by atoms with E-state index in [1.165, 1.54) is 26.4 Å². The molecule has 3 aliphatic rings. The van der Waals surface area contributed by atoms with Gasteiger partial charge in [0, 0.05) is 26.1 Å². The Morgan fingerprint density at radius 1 is 1.04 bits per heavy atom. The van der Waals surface area contributed by atoms with Gasteiger partial charge in [0.05, 0.1) is 18.7 Å². The first kappa shape index (κ1) is 39.6. The number of nitrogens with one attached hydrogen (secondary N) is 1. The SMILES string of the molecule is COc1cc(CCC(=O)[C@@H]2CN(C3=N[C@@H](C)[C@H](c4ccccc4)O3)CCN2C(=O)[C@@H](CCCCN2CCCCC2)NC(=O)OC(C)(C)C)ccc1C#N. The molecule has 0 saturated carbocycles. The Bertz CT molecular complexity index is 1630. The van der Waals surface area contributed by atoms with Gasteiger partial charge in [-0.15, -0.1) is 0 Å². The number of Topliss-reactive ketones (excluding diaryl/α,β-unsaturated/α-hetero) is 1. The van der Waals surface area contributed by atoms with Crippen LogP contribution >= 0.6 is 0 Å². The van der Waals surface area contributed by atoms with Crippen LogP contribution in [0.5, 0.6) is 5.75 Å². The van der Waals surface area contributed by atoms with Gasteiger partial charge in [0.2, 0.25) is 5.91 Å². The predicted molar refractivity (Wildman–Crippen MR) is 203 cm³/mol. The van der Waals surface area contributed by atoms with Gasteiger partial charge in [-0.25, -0.2) is 9.79 Å². The minimum absolute atomic E-state index is 0.112. The Labute approximate surface area is 314 Å². The maximum Gasteiger partial charge on any atom is 0.408 e. The van der Waals surface area contributed by atoms with E-state index >= 15 is 0 Å². The molecule has 0 aromatic heterocycles. The van der Waals surface area contributed by atoms with Gasteiger partial charge in [0.1, 0.15) is 35.6 Å². The van der Waals surface area contributed by atoms with Crippen molar-refractivity contribution in [3.63, 3.8) is 0 Å². The van der Waals surface area contributed by atoms with Crippen LogP contribution in [0.25, 0.3) is 0 Å². The second-order valence-electron chi connectivity index (χ2n) is 15.3. The van der Waals surface area contributed by atoms with Crippen LogP contribution in [0.2, 0.25) is 0 Å². The van der Waals surface area contributed by atoms with Gasteiger partial charge >= 0.3 is 6.09 Å². The van der Waals surface area contributed by atoms with Gasteiger partial charge in [-0.3, -0.25) is 9.59 Å². The molecule has 2 amide bonds. The molecular formula is C41H56N6O6. The second-order valence-corrected chi connectivity index (χ2v) is 15.3. The molecule has 0 bridgehead atoms. The molecule has 0 aliphatic carbocycles. The number of hydrogen-bond acceptors (Lipinski definition) is 10. The van der Waals surface area contributed by atoms with Crippen molar-refractivity contribution in [1.29, 1.82) is 5.26 Å². The number of carbonyl (C=O) groups excluding carboxylic acids is 3. The molecular weight excluding hydrogens is 672 g/mol. The van der Waals surface area contributed by atoms with Crippen molar-refractivity contribution < 1.29 is 28.6 Å². The van der Waals surface area contributed by atoms with Crippen LogP contribution in [-0.4, -0.2) is 109 Å². The highest BCUT2D eigenvalue weighted by Crippen LogP contribution is 2.31. The summed E-state index contributed by atoms with van der Waals surface area (Å²) in [6.07, 6.45) is 5.44. The van der Waals surface area contributed by atoms with E-state index in [0.29, 0.717) is 36.7 Å². The fourth-order valence-electron chi connectivity index (χ4n) is 7.32. The molecule has 0 unspecified atom stereocenters. The molecule has 5 rings (SSSR count). The summed E-state index contributed by atoms with van der Waals surface area (Å²) >= 11 is 0. The molecule has 12 heteroatoms. The van der Waals surface area contributed by atoms with Gasteiger partial charge in [-0.05, 0) is 109 Å². The number of ketones is 1. The second kappa shape index (κ2) is 18.4. The van der Waals surface area contributed by atoms with Crippen molar-refractivity contribution in [2.75, 3.05) is 46.4 Å². The van der Waals surface area contributed by atoms with Crippen molar-refractivity contribution in [2.24, 2.45) is 4.99 Å². The van der Waals surface area contributed by atoms with Crippen LogP contribution in [0.15, 0.2) is 53.5 Å². The highest BCUT2D eigenvalue weighted by molar-refractivity contribution is 5.93. The molecule has 2 aromatic rings. The third-order valence-electron chi connectivity index (χ3n) is 10.1. The summed E-state index contributed by atoms with van der Waals surface area (Å²) in [4.78, 5) is 52.7. The van der Waals surface area contributed by atoms with Crippen molar-refractivity contribution in [1.82, 2.24) is 20.0 Å². The molecule has 0 radical (unpaired) electrons. The van der Waals surface area contributed by atoms with E-state index in [0.717, 1.165) is 43.6 Å². The fourth-order valence-corrected chi connectivity index (χ4v) is 7.32. The summed E-state index contributed by atoms with van der Waals surface area (Å²) in [5.74, 6) is 0.0448. The first-order valence-corrected chi connectivity index (χ1v) is 19.1. The number of amides is 2. The van der Waals surface area contributed by atoms with Crippen molar-refractivity contribution in [2.45, 2.75) is 109 Å². The Kier molecular flexibility index (Phi) is 13.8. The lowest BCUT2D eigenvalue weighted by Crippen LogP contribution is -2.62. The number of rotatable bonds is 13. The molecule has 2 aromatic carbocycles. The summed E-state index contributed by atoms with van der Waals surface area (Å²) in [7, 11) is 1.51. The van der Waals surface area contributed by atoms with Crippen molar-refractivity contribution in [3.05, 3.63) is 65.2 Å². The number of carbonyl (C=O) groups is 3. The number of aryl methyl sites for hydroxylation is 1. The minimum atomic E-state index is -0.849. The largest absolute Gasteiger partial charge is 0.495 e. The number of aliphatic imine (C=N–C) groups is 1. The summed E-state index contributed by atoms with van der Waals surface area (Å²) < 4.78 is 17.4. The maximum absolute atomic E-state index is 14.5. The number of methoxy groups -OCH3 is 1. The van der Waals surface area contributed by atoms with E-state index in [4.69, 9.17) is 19.2 Å². The van der Waals surface area contributed by atoms with Crippen LogP contribution in [0, 0.1) is 11.3 Å². The van der Waals surface area contributed by atoms with Crippen LogP contribution in [0.3, 0.4) is 0 Å². The Hall–Kier alpha value is -4.63. The Morgan fingerprint density at radius 2 is 1.79 bits per heavy atom. The number of likely N-dealkylation sites (tertiary alicyclic amines) is 1. The van der Waals surface area contributed by atoms with Crippen molar-refractivity contribution >= 4 is 23.8 Å². The molecule has 2 fully saturated rings. The molecule has 0 spiro atoms. The minimum Gasteiger partial charge on any atom is -0.495 e. The number of piperidine rings is 1. The van der Waals surface area contributed by atoms with Gasteiger partial charge in [0.25, 0.3) is 6.02 Å². The molecule has 3 aliphatic heterocycles. The fraction of sp³-hybridized carbons (Fsp3) is 0.585. The van der Waals surface area contributed by atoms with E-state index in [9.17, 15) is 19.6 Å². The number of amidine groups is 1. The summed E-state index contributed by atoms with van der Waals surface area (Å²) in [5.41, 5.74) is 1.55. The third kappa shape index (κ3) is 10.9. The lowest BCUT2D eigenvalue weighted by molar-refractivity contribution is -0.144. The highest BCUT2D eigenvalue weighted by atomic mass is 16.6. The van der Waals surface area contributed by atoms with Gasteiger partial charge in [0.15, 0.2) is 5.78 Å². The van der Waals surface area contributed by atoms with E-state index in [-0.39, 0.29) is 43.3 Å². The first-order chi connectivity index (χ1) is 25.5. The standard InChI is InChI=1S/C41H56N6O6/c1-29-37(31-14-8-6-9-15-31)52-39(43-29)46-24-25-47(34(28-46)35(48)20-18-30-17-19-32(27-42)36(26-30)51-5)38(49)33(44-40(50)53-41(2,3)4)16-10-13-23-45-21-11-7-12-22-45/h6,8-9,14-15,17,19,26,29,33-34,37H,7,10-13,16,18,20-25,28H2,1-5H3,(H,44,50)/t29-,33+,34-,37+/m0/s1. The molecule has 1 N–H and O–H groups in total. The zero-order valence-corrected chi connectivity index (χ0v) is 32.0. The average molecular weight is 729 g/mol. The van der Waals surface area contributed by atoms with Gasteiger partial charge in [-0.1, -0.05) is 42.8 Å². The number of nitrogens with zero attached hydrogens (tertiary/aromatic N) is 5. The van der Waals surface area contributed by atoms with Gasteiger partial charge in [-0.2, -0.15) is 5.26 Å². The lowest BCUT2D eigenvalue weighted by Gasteiger charge is -2.42. The van der Waals surface area contributed by atoms with Crippen LogP contribution in [-0.2, 0) is 25.5 Å². The monoisotopic (exact) mass is 728 g/mol. The Morgan fingerprint density at radius 3 is 2.49 bits per heavy atom. The van der Waals surface area contributed by atoms with E-state index in [1.807, 2.05) is 48.2 Å². The lowest BCUT2D eigenvalue weighted by atomic mass is 9.98. The maximum atomic E-state index is 14.5. The summed E-state index contributed by atoms with van der Waals surface area (Å²) in [6.45, 7) is 11.4. The van der Waals surface area contributed by atoms with Crippen molar-refractivity contribution in [3.8, 4) is 11.8 Å². The normalized spacial score (nSPS) is 21.2. The molecule has 12 nitrogen and oxygen atoms in total. The predicted octanol–water partition coefficient (Wildman–Crippen LogP) is 5.65. The number of alkyl carbamates (subject to hydrolysis) is 1. The number of ether oxygens (including phenoxy) is 3. The van der Waals surface area contributed by atoms with E-state index < -0.39 is 23.8 Å². The zero-order chi connectivity index (χ0) is 38.0. The first-order valence-electron chi connectivity index (χ1n) is 19.1. The highest BCUT2D eigenvalue weighted by Gasteiger charge is 2.41. The van der Waals surface area contributed by atoms with E-state index in [1.54, 1.807) is 37.8 Å². The smallest absolute Gasteiger partial charge is 0.408 e. The number of unbranched alkanes of at least 4 members (excludes halogenated alkanes) is 1. The van der Waals surface area contributed by atoms with Gasteiger partial charge < -0.3 is 34.2 Å². The molecule has 286 valence electrons. The quantitative estimate of drug-likeness (QED) is 0.260. The Balaban J connectivity index is 1.34. The van der Waals surface area contributed by atoms with E-state index in [2.05, 4.69) is 16.3 Å². The molecule has 4 atom stereocenters. The summed E-state index contributed by atoms with van der Waals surface area (Å²) in [6, 6.07) is 16.0. The molecule has 53 heavy (non-hydrogen) atoms. The third-order valence-corrected chi connectivity index (χ3v) is 10.1. The zero-order valence-electron chi connectivity index (χ0n) is 32.0. The topological polar surface area (TPSA) is 137 Å². The number of nitriles is 1. The average Bonchev–Trinajstić information content (AvgIpc) is 3.55.